The van der Waals surface area contributed by atoms with E-state index in [2.05, 4.69) is 10.6 Å². The molecule has 0 aromatic heterocycles. The molecule has 1 saturated carbocycles. The summed E-state index contributed by atoms with van der Waals surface area (Å²) in [5, 5.41) is 16.2. The number of ether oxygens (including phenoxy) is 1. The lowest BCUT2D eigenvalue weighted by atomic mass is 9.96. The van der Waals surface area contributed by atoms with E-state index in [9.17, 15) is 23.5 Å². The van der Waals surface area contributed by atoms with Crippen LogP contribution >= 0.6 is 0 Å². The summed E-state index contributed by atoms with van der Waals surface area (Å²) in [6.07, 6.45) is -0.469. The molecule has 1 aliphatic rings. The van der Waals surface area contributed by atoms with Gasteiger partial charge in [0.05, 0.1) is 11.6 Å². The highest BCUT2D eigenvalue weighted by molar-refractivity contribution is 5.77. The van der Waals surface area contributed by atoms with Crippen LogP contribution in [-0.4, -0.2) is 47.8 Å². The third-order valence-corrected chi connectivity index (χ3v) is 4.72. The van der Waals surface area contributed by atoms with Crippen LogP contribution in [0.4, 0.5) is 8.78 Å². The van der Waals surface area contributed by atoms with Gasteiger partial charge in [-0.3, -0.25) is 9.59 Å². The highest BCUT2D eigenvalue weighted by Crippen LogP contribution is 2.54. The third kappa shape index (κ3) is 5.46. The molecule has 0 spiro atoms. The Labute approximate surface area is 157 Å². The second kappa shape index (κ2) is 8.75. The molecule has 2 unspecified atom stereocenters. The predicted octanol–water partition coefficient (Wildman–Crippen LogP) is 1.62. The van der Waals surface area contributed by atoms with Crippen molar-refractivity contribution in [2.24, 2.45) is 0 Å². The number of rotatable bonds is 9. The van der Waals surface area contributed by atoms with Gasteiger partial charge < -0.3 is 20.5 Å². The highest BCUT2D eigenvalue weighted by atomic mass is 19.1. The quantitative estimate of drug-likeness (QED) is 0.604. The Bertz CT molecular complexity index is 680. The minimum atomic E-state index is -1.01. The first kappa shape index (κ1) is 21.2. The fourth-order valence-electron chi connectivity index (χ4n) is 3.50. The van der Waals surface area contributed by atoms with Crippen molar-refractivity contribution in [2.75, 3.05) is 13.2 Å². The van der Waals surface area contributed by atoms with Gasteiger partial charge in [-0.2, -0.15) is 0 Å². The molecule has 0 bridgehead atoms. The van der Waals surface area contributed by atoms with Gasteiger partial charge in [0.25, 0.3) is 0 Å². The van der Waals surface area contributed by atoms with E-state index in [1.54, 1.807) is 13.8 Å². The molecule has 3 N–H and O–H groups in total. The van der Waals surface area contributed by atoms with Crippen molar-refractivity contribution in [1.29, 1.82) is 0 Å². The molecule has 1 fully saturated rings. The maximum atomic E-state index is 13.5. The van der Waals surface area contributed by atoms with Crippen molar-refractivity contribution >= 4 is 11.8 Å². The van der Waals surface area contributed by atoms with E-state index in [-0.39, 0.29) is 30.9 Å². The number of nitrogens with one attached hydrogen (secondary N) is 2. The van der Waals surface area contributed by atoms with Crippen molar-refractivity contribution < 1.29 is 28.2 Å². The smallest absolute Gasteiger partial charge is 0.246 e. The Kier molecular flexibility index (Phi) is 6.89. The normalized spacial score (nSPS) is 23.4. The van der Waals surface area contributed by atoms with Crippen molar-refractivity contribution in [2.45, 2.75) is 57.2 Å². The fraction of sp³-hybridized carbons (Fsp3) is 0.579. The van der Waals surface area contributed by atoms with Crippen LogP contribution < -0.4 is 10.6 Å². The number of amides is 2. The Balaban J connectivity index is 2.08. The number of benzene rings is 1. The second-order valence-corrected chi connectivity index (χ2v) is 7.04. The minimum Gasteiger partial charge on any atom is -0.391 e. The maximum Gasteiger partial charge on any atom is 0.246 e. The Morgan fingerprint density at radius 1 is 1.33 bits per heavy atom. The van der Waals surface area contributed by atoms with Crippen LogP contribution in [0.2, 0.25) is 0 Å². The van der Waals surface area contributed by atoms with Gasteiger partial charge in [-0.25, -0.2) is 8.78 Å². The minimum absolute atomic E-state index is 0.0705. The predicted molar refractivity (Wildman–Crippen MR) is 95.0 cm³/mol. The molecule has 2 rings (SSSR count). The van der Waals surface area contributed by atoms with Crippen LogP contribution in [0.25, 0.3) is 0 Å². The van der Waals surface area contributed by atoms with Crippen LogP contribution in [0, 0.1) is 11.6 Å². The lowest BCUT2D eigenvalue weighted by molar-refractivity contribution is -0.126. The summed E-state index contributed by atoms with van der Waals surface area (Å²) < 4.78 is 32.1. The van der Waals surface area contributed by atoms with Crippen molar-refractivity contribution in [3.05, 3.63) is 35.4 Å². The molecule has 0 aliphatic heterocycles. The van der Waals surface area contributed by atoms with Gasteiger partial charge >= 0.3 is 0 Å². The van der Waals surface area contributed by atoms with E-state index in [0.717, 1.165) is 6.07 Å². The fourth-order valence-corrected chi connectivity index (χ4v) is 3.50. The third-order valence-electron chi connectivity index (χ3n) is 4.72. The monoisotopic (exact) mass is 384 g/mol. The molecule has 150 valence electrons. The Morgan fingerprint density at radius 2 is 1.96 bits per heavy atom. The largest absolute Gasteiger partial charge is 0.391 e. The number of halogens is 2. The number of hydrogen-bond donors (Lipinski definition) is 3. The first-order valence-corrected chi connectivity index (χ1v) is 8.97. The lowest BCUT2D eigenvalue weighted by Gasteiger charge is -2.28. The summed E-state index contributed by atoms with van der Waals surface area (Å²) in [5.74, 6) is -2.47. The number of carbonyl (C=O) groups is 2. The molecule has 1 aromatic carbocycles. The van der Waals surface area contributed by atoms with Gasteiger partial charge in [-0.05, 0) is 44.4 Å². The van der Waals surface area contributed by atoms with E-state index in [0.29, 0.717) is 18.6 Å². The molecule has 0 saturated heterocycles. The second-order valence-electron chi connectivity index (χ2n) is 7.04. The molecular weight excluding hydrogens is 358 g/mol. The highest BCUT2D eigenvalue weighted by Gasteiger charge is 2.60. The van der Waals surface area contributed by atoms with Crippen molar-refractivity contribution in [3.63, 3.8) is 0 Å². The summed E-state index contributed by atoms with van der Waals surface area (Å²) in [4.78, 5) is 23.4. The topological polar surface area (TPSA) is 87.7 Å². The van der Waals surface area contributed by atoms with E-state index in [1.165, 1.54) is 19.1 Å². The van der Waals surface area contributed by atoms with E-state index in [1.807, 2.05) is 0 Å². The standard InChI is InChI=1S/C19H26F2N2O4/c1-4-27-10-18(26)22-11(2)5-17(25)19(23-12(3)24)9-16(19)13-6-14(20)8-15(21)7-13/h6-8,11,16-17,25H,4-5,9-10H2,1-3H3,(H,22,26)(H,23,24)/t11?,16?,17-,19-/m0/s1. The first-order chi connectivity index (χ1) is 12.7. The summed E-state index contributed by atoms with van der Waals surface area (Å²) in [6, 6.07) is 2.82. The maximum absolute atomic E-state index is 13.5. The lowest BCUT2D eigenvalue weighted by Crippen LogP contribution is -2.49. The van der Waals surface area contributed by atoms with Crippen LogP contribution in [0.3, 0.4) is 0 Å². The summed E-state index contributed by atoms with van der Waals surface area (Å²) >= 11 is 0. The van der Waals surface area contributed by atoms with Gasteiger partial charge in [0.1, 0.15) is 18.2 Å². The van der Waals surface area contributed by atoms with Gasteiger partial charge in [0.15, 0.2) is 0 Å². The van der Waals surface area contributed by atoms with Crippen LogP contribution in [0.5, 0.6) is 0 Å². The summed E-state index contributed by atoms with van der Waals surface area (Å²) in [6.45, 7) is 5.18. The Hall–Kier alpha value is -2.06. The number of carbonyl (C=O) groups excluding carboxylic acids is 2. The number of aliphatic hydroxyl groups is 1. The van der Waals surface area contributed by atoms with E-state index in [4.69, 9.17) is 4.74 Å². The zero-order valence-corrected chi connectivity index (χ0v) is 15.7. The first-order valence-electron chi connectivity index (χ1n) is 8.97. The molecule has 4 atom stereocenters. The van der Waals surface area contributed by atoms with Gasteiger partial charge in [-0.1, -0.05) is 0 Å². The molecule has 6 nitrogen and oxygen atoms in total. The molecule has 0 heterocycles. The number of hydrogen-bond acceptors (Lipinski definition) is 4. The number of aliphatic hydroxyl groups excluding tert-OH is 1. The Morgan fingerprint density at radius 3 is 2.52 bits per heavy atom. The molecule has 1 aliphatic carbocycles. The van der Waals surface area contributed by atoms with Crippen LogP contribution in [-0.2, 0) is 14.3 Å². The van der Waals surface area contributed by atoms with Crippen molar-refractivity contribution in [1.82, 2.24) is 10.6 Å². The van der Waals surface area contributed by atoms with Crippen LogP contribution in [0.1, 0.15) is 45.1 Å². The zero-order valence-electron chi connectivity index (χ0n) is 15.7. The summed E-state index contributed by atoms with van der Waals surface area (Å²) in [7, 11) is 0. The molecule has 0 radical (unpaired) electrons. The summed E-state index contributed by atoms with van der Waals surface area (Å²) in [5.41, 5.74) is -0.626. The van der Waals surface area contributed by atoms with Gasteiger partial charge in [0.2, 0.25) is 11.8 Å². The average Bonchev–Trinajstić information content (AvgIpc) is 3.26. The molecule has 1 aromatic rings. The molecule has 2 amide bonds. The van der Waals surface area contributed by atoms with Crippen LogP contribution in [0.15, 0.2) is 18.2 Å². The van der Waals surface area contributed by atoms with Gasteiger partial charge in [0, 0.05) is 31.6 Å². The van der Waals surface area contributed by atoms with E-state index >= 15 is 0 Å². The zero-order chi connectivity index (χ0) is 20.2. The average molecular weight is 384 g/mol. The van der Waals surface area contributed by atoms with E-state index < -0.39 is 29.2 Å². The molecule has 8 heteroatoms. The van der Waals surface area contributed by atoms with Crippen molar-refractivity contribution in [3.8, 4) is 0 Å². The molecule has 27 heavy (non-hydrogen) atoms. The molecular formula is C19H26F2N2O4. The SMILES string of the molecule is CCOCC(=O)NC(C)C[C@H](O)[C@]1(NC(C)=O)CC1c1cc(F)cc(F)c1. The van der Waals surface area contributed by atoms with Gasteiger partial charge in [-0.15, -0.1) is 0 Å².